The fourth-order valence-corrected chi connectivity index (χ4v) is 3.24. The lowest BCUT2D eigenvalue weighted by Crippen LogP contribution is -2.37. The van der Waals surface area contributed by atoms with Crippen molar-refractivity contribution in [2.75, 3.05) is 18.1 Å². The Morgan fingerprint density at radius 1 is 1.17 bits per heavy atom. The van der Waals surface area contributed by atoms with Crippen molar-refractivity contribution in [3.63, 3.8) is 0 Å². The van der Waals surface area contributed by atoms with E-state index in [1.807, 2.05) is 36.1 Å². The van der Waals surface area contributed by atoms with E-state index >= 15 is 0 Å². The monoisotopic (exact) mass is 309 g/mol. The van der Waals surface area contributed by atoms with Crippen molar-refractivity contribution in [2.24, 2.45) is 0 Å². The van der Waals surface area contributed by atoms with E-state index in [-0.39, 0.29) is 5.91 Å². The van der Waals surface area contributed by atoms with E-state index in [9.17, 15) is 4.79 Å². The number of fused-ring (bicyclic) bond motifs is 1. The minimum absolute atomic E-state index is 0.171. The molecule has 120 valence electrons. The van der Waals surface area contributed by atoms with Crippen LogP contribution in [0.5, 0.6) is 5.75 Å². The zero-order valence-electron chi connectivity index (χ0n) is 13.8. The second-order valence-corrected chi connectivity index (χ2v) is 5.99. The Hall–Kier alpha value is -2.29. The van der Waals surface area contributed by atoms with Crippen LogP contribution in [0.3, 0.4) is 0 Å². The van der Waals surface area contributed by atoms with Gasteiger partial charge in [0.1, 0.15) is 5.75 Å². The Bertz CT molecular complexity index is 691. The molecule has 0 spiro atoms. The van der Waals surface area contributed by atoms with Crippen LogP contribution in [0.15, 0.2) is 42.5 Å². The number of rotatable bonds is 4. The van der Waals surface area contributed by atoms with Crippen molar-refractivity contribution in [1.82, 2.24) is 0 Å². The molecule has 0 aromatic heterocycles. The maximum Gasteiger partial charge on any atom is 0.231 e. The zero-order chi connectivity index (χ0) is 16.2. The number of carbonyl (C=O) groups excluding carboxylic acids is 1. The first kappa shape index (κ1) is 15.6. The summed E-state index contributed by atoms with van der Waals surface area (Å²) in [7, 11) is 0. The molecule has 0 N–H and O–H groups in total. The van der Waals surface area contributed by atoms with Crippen LogP contribution in [0, 0.1) is 6.92 Å². The van der Waals surface area contributed by atoms with Gasteiger partial charge in [0.15, 0.2) is 0 Å². The Morgan fingerprint density at radius 2 is 1.96 bits per heavy atom. The molecule has 0 saturated carbocycles. The molecule has 0 bridgehead atoms. The molecule has 3 nitrogen and oxygen atoms in total. The van der Waals surface area contributed by atoms with E-state index in [0.717, 1.165) is 36.4 Å². The molecule has 0 unspecified atom stereocenters. The summed E-state index contributed by atoms with van der Waals surface area (Å²) in [4.78, 5) is 14.8. The molecular weight excluding hydrogens is 286 g/mol. The van der Waals surface area contributed by atoms with E-state index in [4.69, 9.17) is 4.74 Å². The third kappa shape index (κ3) is 3.39. The number of amides is 1. The molecule has 2 aromatic carbocycles. The van der Waals surface area contributed by atoms with Gasteiger partial charge in [-0.2, -0.15) is 0 Å². The van der Waals surface area contributed by atoms with Crippen LogP contribution in [0.25, 0.3) is 0 Å². The number of aryl methyl sites for hydroxylation is 2. The minimum atomic E-state index is 0.171. The van der Waals surface area contributed by atoms with Gasteiger partial charge in [0.05, 0.1) is 13.0 Å². The zero-order valence-corrected chi connectivity index (χ0v) is 13.8. The van der Waals surface area contributed by atoms with Crippen molar-refractivity contribution >= 4 is 11.6 Å². The SMILES string of the molecule is CCOc1ccc(CC(=O)N2CCCc3cccc(C)c32)cc1. The first-order valence-electron chi connectivity index (χ1n) is 8.29. The average Bonchev–Trinajstić information content (AvgIpc) is 2.56. The predicted molar refractivity (Wildman–Crippen MR) is 93.2 cm³/mol. The van der Waals surface area contributed by atoms with Gasteiger partial charge in [-0.1, -0.05) is 30.3 Å². The van der Waals surface area contributed by atoms with Gasteiger partial charge < -0.3 is 9.64 Å². The largest absolute Gasteiger partial charge is 0.494 e. The highest BCUT2D eigenvalue weighted by atomic mass is 16.5. The van der Waals surface area contributed by atoms with Crippen molar-refractivity contribution in [3.05, 3.63) is 59.2 Å². The van der Waals surface area contributed by atoms with Crippen molar-refractivity contribution in [1.29, 1.82) is 0 Å². The van der Waals surface area contributed by atoms with Gasteiger partial charge in [-0.15, -0.1) is 0 Å². The molecule has 1 heterocycles. The van der Waals surface area contributed by atoms with Gasteiger partial charge >= 0.3 is 0 Å². The van der Waals surface area contributed by atoms with Crippen molar-refractivity contribution in [3.8, 4) is 5.75 Å². The first-order chi connectivity index (χ1) is 11.2. The summed E-state index contributed by atoms with van der Waals surface area (Å²) < 4.78 is 5.45. The van der Waals surface area contributed by atoms with Crippen LogP contribution in [0.2, 0.25) is 0 Å². The summed E-state index contributed by atoms with van der Waals surface area (Å²) >= 11 is 0. The van der Waals surface area contributed by atoms with Gasteiger partial charge in [0.2, 0.25) is 5.91 Å². The molecule has 0 radical (unpaired) electrons. The van der Waals surface area contributed by atoms with Gasteiger partial charge in [0.25, 0.3) is 0 Å². The lowest BCUT2D eigenvalue weighted by Gasteiger charge is -2.31. The lowest BCUT2D eigenvalue weighted by atomic mass is 9.97. The summed E-state index contributed by atoms with van der Waals surface area (Å²) in [5.41, 5.74) is 4.62. The highest BCUT2D eigenvalue weighted by Crippen LogP contribution is 2.31. The molecule has 0 saturated heterocycles. The first-order valence-corrected chi connectivity index (χ1v) is 8.29. The quantitative estimate of drug-likeness (QED) is 0.857. The normalized spacial score (nSPS) is 13.6. The van der Waals surface area contributed by atoms with Crippen LogP contribution < -0.4 is 9.64 Å². The fourth-order valence-electron chi connectivity index (χ4n) is 3.24. The van der Waals surface area contributed by atoms with E-state index in [0.29, 0.717) is 13.0 Å². The Kier molecular flexibility index (Phi) is 4.65. The number of hydrogen-bond acceptors (Lipinski definition) is 2. The standard InChI is InChI=1S/C20H23NO2/c1-3-23-18-11-9-16(10-12-18)14-19(22)21-13-5-8-17-7-4-6-15(2)20(17)21/h4,6-7,9-12H,3,5,8,13-14H2,1-2H3. The Labute approximate surface area is 137 Å². The maximum atomic E-state index is 12.8. The summed E-state index contributed by atoms with van der Waals surface area (Å²) in [5.74, 6) is 1.02. The summed E-state index contributed by atoms with van der Waals surface area (Å²) in [6.45, 7) is 5.52. The van der Waals surface area contributed by atoms with Crippen molar-refractivity contribution < 1.29 is 9.53 Å². The Morgan fingerprint density at radius 3 is 2.70 bits per heavy atom. The smallest absolute Gasteiger partial charge is 0.231 e. The third-order valence-electron chi connectivity index (χ3n) is 4.31. The van der Waals surface area contributed by atoms with Gasteiger partial charge in [0, 0.05) is 12.2 Å². The van der Waals surface area contributed by atoms with Gasteiger partial charge in [-0.05, 0) is 55.5 Å². The Balaban J connectivity index is 1.77. The molecule has 0 fully saturated rings. The number of para-hydroxylation sites is 1. The molecule has 3 rings (SSSR count). The van der Waals surface area contributed by atoms with Crippen LogP contribution in [0.4, 0.5) is 5.69 Å². The predicted octanol–water partition coefficient (Wildman–Crippen LogP) is 3.92. The number of anilines is 1. The fraction of sp³-hybridized carbons (Fsp3) is 0.350. The van der Waals surface area contributed by atoms with E-state index in [1.54, 1.807) is 0 Å². The summed E-state index contributed by atoms with van der Waals surface area (Å²) in [6, 6.07) is 14.1. The molecule has 1 aliphatic rings. The number of nitrogens with zero attached hydrogens (tertiary/aromatic N) is 1. The van der Waals surface area contributed by atoms with Gasteiger partial charge in [-0.3, -0.25) is 4.79 Å². The number of benzene rings is 2. The molecule has 2 aromatic rings. The maximum absolute atomic E-state index is 12.8. The highest BCUT2D eigenvalue weighted by Gasteiger charge is 2.23. The second kappa shape index (κ2) is 6.86. The second-order valence-electron chi connectivity index (χ2n) is 5.99. The lowest BCUT2D eigenvalue weighted by molar-refractivity contribution is -0.118. The molecule has 1 aliphatic heterocycles. The third-order valence-corrected chi connectivity index (χ3v) is 4.31. The molecule has 3 heteroatoms. The molecule has 23 heavy (non-hydrogen) atoms. The molecule has 0 aliphatic carbocycles. The van der Waals surface area contributed by atoms with Gasteiger partial charge in [-0.25, -0.2) is 0 Å². The minimum Gasteiger partial charge on any atom is -0.494 e. The van der Waals surface area contributed by atoms with Crippen molar-refractivity contribution in [2.45, 2.75) is 33.1 Å². The number of hydrogen-bond donors (Lipinski definition) is 0. The van der Waals surface area contributed by atoms with E-state index in [1.165, 1.54) is 11.1 Å². The summed E-state index contributed by atoms with van der Waals surface area (Å²) in [5, 5.41) is 0. The molecular formula is C20H23NO2. The number of ether oxygens (including phenoxy) is 1. The summed E-state index contributed by atoms with van der Waals surface area (Å²) in [6.07, 6.45) is 2.52. The highest BCUT2D eigenvalue weighted by molar-refractivity contribution is 5.96. The van der Waals surface area contributed by atoms with Crippen LogP contribution in [-0.2, 0) is 17.6 Å². The van der Waals surface area contributed by atoms with Crippen LogP contribution in [0.1, 0.15) is 30.0 Å². The van der Waals surface area contributed by atoms with E-state index < -0.39 is 0 Å². The van der Waals surface area contributed by atoms with Crippen LogP contribution in [-0.4, -0.2) is 19.1 Å². The number of carbonyl (C=O) groups is 1. The van der Waals surface area contributed by atoms with E-state index in [2.05, 4.69) is 25.1 Å². The average molecular weight is 309 g/mol. The van der Waals surface area contributed by atoms with Crippen LogP contribution >= 0.6 is 0 Å². The molecule has 0 atom stereocenters. The topological polar surface area (TPSA) is 29.5 Å². The molecule has 1 amide bonds.